The van der Waals surface area contributed by atoms with Gasteiger partial charge in [-0.1, -0.05) is 38.1 Å². The Labute approximate surface area is 139 Å². The van der Waals surface area contributed by atoms with Crippen LogP contribution in [0, 0.1) is 4.77 Å². The topological polar surface area (TPSA) is 58.9 Å². The van der Waals surface area contributed by atoms with Gasteiger partial charge in [-0.3, -0.25) is 4.98 Å². The van der Waals surface area contributed by atoms with Crippen molar-refractivity contribution < 1.29 is 0 Å². The van der Waals surface area contributed by atoms with Gasteiger partial charge in [-0.2, -0.15) is 14.9 Å². The van der Waals surface area contributed by atoms with Crippen molar-refractivity contribution in [1.82, 2.24) is 19.9 Å². The van der Waals surface area contributed by atoms with Gasteiger partial charge in [0.2, 0.25) is 4.77 Å². The molecule has 3 aromatic rings. The van der Waals surface area contributed by atoms with Crippen molar-refractivity contribution in [3.8, 4) is 11.4 Å². The third kappa shape index (κ3) is 3.43. The summed E-state index contributed by atoms with van der Waals surface area (Å²) in [6.07, 6.45) is 5.22. The van der Waals surface area contributed by atoms with Crippen molar-refractivity contribution in [3.05, 3.63) is 64.7 Å². The van der Waals surface area contributed by atoms with Crippen LogP contribution in [0.3, 0.4) is 0 Å². The highest BCUT2D eigenvalue weighted by atomic mass is 32.1. The first-order valence-electron chi connectivity index (χ1n) is 7.37. The Morgan fingerprint density at radius 2 is 2.00 bits per heavy atom. The van der Waals surface area contributed by atoms with Crippen molar-refractivity contribution in [3.63, 3.8) is 0 Å². The number of aromatic nitrogens is 4. The van der Waals surface area contributed by atoms with Crippen molar-refractivity contribution >= 4 is 18.4 Å². The molecule has 0 fully saturated rings. The van der Waals surface area contributed by atoms with Gasteiger partial charge in [0.25, 0.3) is 0 Å². The summed E-state index contributed by atoms with van der Waals surface area (Å²) in [5, 5.41) is 11.5. The summed E-state index contributed by atoms with van der Waals surface area (Å²) in [6, 6.07) is 12.1. The maximum atomic E-state index is 5.25. The van der Waals surface area contributed by atoms with E-state index < -0.39 is 0 Å². The van der Waals surface area contributed by atoms with Crippen LogP contribution in [0.1, 0.15) is 30.9 Å². The maximum Gasteiger partial charge on any atom is 0.216 e. The number of nitrogens with zero attached hydrogens (tertiary/aromatic N) is 4. The summed E-state index contributed by atoms with van der Waals surface area (Å²) >= 11 is 5.25. The predicted molar refractivity (Wildman–Crippen MR) is 94.2 cm³/mol. The van der Waals surface area contributed by atoms with E-state index in [4.69, 9.17) is 12.2 Å². The molecular formula is C17H17N5S. The number of aromatic amines is 1. The number of pyridine rings is 1. The molecule has 0 saturated heterocycles. The Morgan fingerprint density at radius 1 is 1.22 bits per heavy atom. The maximum absolute atomic E-state index is 5.25. The molecule has 0 aliphatic carbocycles. The molecule has 0 aliphatic heterocycles. The van der Waals surface area contributed by atoms with Crippen LogP contribution >= 0.6 is 12.2 Å². The highest BCUT2D eigenvalue weighted by Crippen LogP contribution is 2.16. The molecule has 5 nitrogen and oxygen atoms in total. The van der Waals surface area contributed by atoms with E-state index >= 15 is 0 Å². The van der Waals surface area contributed by atoms with Gasteiger partial charge >= 0.3 is 0 Å². The lowest BCUT2D eigenvalue weighted by Gasteiger charge is -2.04. The molecule has 0 amide bonds. The number of H-pyrrole nitrogens is 1. The van der Waals surface area contributed by atoms with Crippen molar-refractivity contribution in [2.75, 3.05) is 0 Å². The molecule has 23 heavy (non-hydrogen) atoms. The zero-order chi connectivity index (χ0) is 16.2. The van der Waals surface area contributed by atoms with Crippen LogP contribution in [-0.4, -0.2) is 26.1 Å². The Morgan fingerprint density at radius 3 is 2.65 bits per heavy atom. The van der Waals surface area contributed by atoms with E-state index in [1.807, 2.05) is 24.3 Å². The average Bonchev–Trinajstić information content (AvgIpc) is 2.95. The van der Waals surface area contributed by atoms with Crippen LogP contribution in [-0.2, 0) is 0 Å². The molecule has 0 saturated carbocycles. The fourth-order valence-corrected chi connectivity index (χ4v) is 2.35. The first kappa shape index (κ1) is 15.3. The Kier molecular flexibility index (Phi) is 4.43. The lowest BCUT2D eigenvalue weighted by atomic mass is 10.0. The lowest BCUT2D eigenvalue weighted by molar-refractivity contribution is 0.865. The van der Waals surface area contributed by atoms with Gasteiger partial charge in [0.15, 0.2) is 5.82 Å². The number of nitrogens with one attached hydrogen (secondary N) is 1. The summed E-state index contributed by atoms with van der Waals surface area (Å²) < 4.78 is 2.04. The van der Waals surface area contributed by atoms with Gasteiger partial charge < -0.3 is 0 Å². The van der Waals surface area contributed by atoms with Crippen LogP contribution in [0.2, 0.25) is 0 Å². The van der Waals surface area contributed by atoms with E-state index in [2.05, 4.69) is 46.3 Å². The fourth-order valence-electron chi connectivity index (χ4n) is 2.17. The van der Waals surface area contributed by atoms with E-state index in [1.165, 1.54) is 5.56 Å². The van der Waals surface area contributed by atoms with Crippen LogP contribution in [0.5, 0.6) is 0 Å². The second-order valence-electron chi connectivity index (χ2n) is 5.47. The molecule has 116 valence electrons. The SMILES string of the molecule is CC(C)c1ccc(C=Nn2c(-c3cccnc3)n[nH]c2=S)cc1. The molecule has 3 rings (SSSR count). The molecule has 2 heterocycles. The number of rotatable bonds is 4. The second kappa shape index (κ2) is 6.66. The predicted octanol–water partition coefficient (Wildman–Crippen LogP) is 4.01. The third-order valence-corrected chi connectivity index (χ3v) is 3.76. The van der Waals surface area contributed by atoms with Gasteiger partial charge in [0, 0.05) is 18.0 Å². The zero-order valence-corrected chi connectivity index (χ0v) is 13.8. The van der Waals surface area contributed by atoms with Gasteiger partial charge in [0.05, 0.1) is 6.21 Å². The average molecular weight is 323 g/mol. The highest BCUT2D eigenvalue weighted by Gasteiger charge is 2.07. The second-order valence-corrected chi connectivity index (χ2v) is 5.86. The van der Waals surface area contributed by atoms with Crippen molar-refractivity contribution in [2.45, 2.75) is 19.8 Å². The summed E-state index contributed by atoms with van der Waals surface area (Å²) in [5.74, 6) is 1.15. The molecule has 6 heteroatoms. The van der Waals surface area contributed by atoms with E-state index in [0.717, 1.165) is 11.1 Å². The highest BCUT2D eigenvalue weighted by molar-refractivity contribution is 7.71. The van der Waals surface area contributed by atoms with Gasteiger partial charge in [-0.15, -0.1) is 0 Å². The van der Waals surface area contributed by atoms with Crippen LogP contribution < -0.4 is 0 Å². The molecule has 0 aliphatic rings. The van der Waals surface area contributed by atoms with Crippen LogP contribution in [0.15, 0.2) is 53.9 Å². The summed E-state index contributed by atoms with van der Waals surface area (Å²) in [7, 11) is 0. The standard InChI is InChI=1S/C17H17N5S/c1-12(2)14-7-5-13(6-8-14)10-19-22-16(20-21-17(22)23)15-4-3-9-18-11-15/h3-12H,1-2H3,(H,21,23). The number of hydrogen-bond donors (Lipinski definition) is 1. The Bertz CT molecular complexity index is 860. The van der Waals surface area contributed by atoms with E-state index in [1.54, 1.807) is 23.3 Å². The van der Waals surface area contributed by atoms with Crippen LogP contribution in [0.25, 0.3) is 11.4 Å². The molecule has 2 aromatic heterocycles. The molecule has 0 radical (unpaired) electrons. The number of benzene rings is 1. The third-order valence-electron chi connectivity index (χ3n) is 3.50. The molecule has 1 aromatic carbocycles. The van der Waals surface area contributed by atoms with Crippen molar-refractivity contribution in [2.24, 2.45) is 5.10 Å². The quantitative estimate of drug-likeness (QED) is 0.583. The molecular weight excluding hydrogens is 306 g/mol. The lowest BCUT2D eigenvalue weighted by Crippen LogP contribution is -1.95. The minimum Gasteiger partial charge on any atom is -0.264 e. The summed E-state index contributed by atoms with van der Waals surface area (Å²) in [6.45, 7) is 4.35. The summed E-state index contributed by atoms with van der Waals surface area (Å²) in [5.41, 5.74) is 3.17. The minimum atomic E-state index is 0.443. The molecule has 0 bridgehead atoms. The van der Waals surface area contributed by atoms with Gasteiger partial charge in [-0.25, -0.2) is 5.10 Å². The van der Waals surface area contributed by atoms with E-state index in [-0.39, 0.29) is 0 Å². The first-order valence-corrected chi connectivity index (χ1v) is 7.78. The molecule has 0 unspecified atom stereocenters. The zero-order valence-electron chi connectivity index (χ0n) is 13.0. The van der Waals surface area contributed by atoms with Crippen molar-refractivity contribution in [1.29, 1.82) is 0 Å². The fraction of sp³-hybridized carbons (Fsp3) is 0.176. The van der Waals surface area contributed by atoms with Gasteiger partial charge in [0.1, 0.15) is 0 Å². The summed E-state index contributed by atoms with van der Waals surface area (Å²) in [4.78, 5) is 4.10. The number of hydrogen-bond acceptors (Lipinski definition) is 4. The Balaban J connectivity index is 1.91. The van der Waals surface area contributed by atoms with Gasteiger partial charge in [-0.05, 0) is 41.4 Å². The Hall–Kier alpha value is -2.60. The largest absolute Gasteiger partial charge is 0.264 e. The minimum absolute atomic E-state index is 0.443. The monoisotopic (exact) mass is 323 g/mol. The molecule has 0 atom stereocenters. The smallest absolute Gasteiger partial charge is 0.216 e. The molecule has 0 spiro atoms. The van der Waals surface area contributed by atoms with E-state index in [9.17, 15) is 0 Å². The normalized spacial score (nSPS) is 11.4. The first-order chi connectivity index (χ1) is 11.1. The van der Waals surface area contributed by atoms with E-state index in [0.29, 0.717) is 16.5 Å². The molecule has 1 N–H and O–H groups in total. The van der Waals surface area contributed by atoms with Crippen LogP contribution in [0.4, 0.5) is 0 Å².